The number of thiophene rings is 1. The highest BCUT2D eigenvalue weighted by atomic mass is 79.9. The molecule has 0 saturated heterocycles. The lowest BCUT2D eigenvalue weighted by molar-refractivity contribution is 0.399. The number of hydrogen-bond donors (Lipinski definition) is 1. The Kier molecular flexibility index (Phi) is 3.04. The van der Waals surface area contributed by atoms with E-state index in [9.17, 15) is 8.42 Å². The van der Waals surface area contributed by atoms with Crippen LogP contribution < -0.4 is 4.72 Å². The van der Waals surface area contributed by atoms with E-state index < -0.39 is 10.0 Å². The van der Waals surface area contributed by atoms with Crippen molar-refractivity contribution in [2.24, 2.45) is 0 Å². The first kappa shape index (κ1) is 11.6. The molecule has 0 aliphatic carbocycles. The highest BCUT2D eigenvalue weighted by molar-refractivity contribution is 9.10. The van der Waals surface area contributed by atoms with Crippen LogP contribution in [0.5, 0.6) is 0 Å². The van der Waals surface area contributed by atoms with Crippen LogP contribution in [-0.2, 0) is 10.0 Å². The second-order valence-corrected chi connectivity index (χ2v) is 6.59. The van der Waals surface area contributed by atoms with Gasteiger partial charge in [0.25, 0.3) is 10.0 Å². The van der Waals surface area contributed by atoms with Gasteiger partial charge in [0.15, 0.2) is 5.82 Å². The normalized spacial score (nSPS) is 11.6. The van der Waals surface area contributed by atoms with Crippen molar-refractivity contribution in [2.75, 3.05) is 4.72 Å². The molecule has 0 bridgehead atoms. The van der Waals surface area contributed by atoms with Crippen molar-refractivity contribution in [2.45, 2.75) is 11.1 Å². The van der Waals surface area contributed by atoms with Crippen molar-refractivity contribution < 1.29 is 12.9 Å². The molecular weight excluding hydrogens is 316 g/mol. The molecule has 2 rings (SSSR count). The summed E-state index contributed by atoms with van der Waals surface area (Å²) in [6.45, 7) is 1.68. The molecule has 0 unspecified atom stereocenters. The fraction of sp³-hybridized carbons (Fsp3) is 0.125. The zero-order valence-electron chi connectivity index (χ0n) is 8.10. The van der Waals surface area contributed by atoms with Crippen LogP contribution >= 0.6 is 27.3 Å². The molecule has 0 aliphatic heterocycles. The zero-order valence-corrected chi connectivity index (χ0v) is 11.3. The predicted molar refractivity (Wildman–Crippen MR) is 64.1 cm³/mol. The van der Waals surface area contributed by atoms with Gasteiger partial charge in [-0.2, -0.15) is 0 Å². The lowest BCUT2D eigenvalue weighted by Crippen LogP contribution is -2.11. The SMILES string of the molecule is Cc1onc(NS(=O)(=O)c2cccs2)c1Br. The predicted octanol–water partition coefficient (Wildman–Crippen LogP) is 2.61. The van der Waals surface area contributed by atoms with E-state index in [2.05, 4.69) is 25.8 Å². The van der Waals surface area contributed by atoms with Crippen molar-refractivity contribution in [1.82, 2.24) is 5.16 Å². The van der Waals surface area contributed by atoms with Gasteiger partial charge in [-0.05, 0) is 34.3 Å². The Labute approximate surface area is 105 Å². The Hall–Kier alpha value is -0.860. The minimum Gasteiger partial charge on any atom is -0.358 e. The molecule has 0 aromatic carbocycles. The van der Waals surface area contributed by atoms with E-state index in [1.165, 1.54) is 6.07 Å². The van der Waals surface area contributed by atoms with Gasteiger partial charge in [0, 0.05) is 0 Å². The largest absolute Gasteiger partial charge is 0.358 e. The van der Waals surface area contributed by atoms with Gasteiger partial charge < -0.3 is 4.52 Å². The Balaban J connectivity index is 2.32. The number of nitrogens with one attached hydrogen (secondary N) is 1. The number of nitrogens with zero attached hydrogens (tertiary/aromatic N) is 1. The summed E-state index contributed by atoms with van der Waals surface area (Å²) in [7, 11) is -3.56. The molecule has 5 nitrogen and oxygen atoms in total. The molecule has 0 fully saturated rings. The molecule has 0 radical (unpaired) electrons. The van der Waals surface area contributed by atoms with Gasteiger partial charge in [0.1, 0.15) is 14.4 Å². The van der Waals surface area contributed by atoms with Crippen molar-refractivity contribution in [3.8, 4) is 0 Å². The molecule has 2 aromatic heterocycles. The summed E-state index contributed by atoms with van der Waals surface area (Å²) in [4.78, 5) is 0. The Morgan fingerprint density at radius 3 is 2.81 bits per heavy atom. The van der Waals surface area contributed by atoms with Crippen LogP contribution in [0.2, 0.25) is 0 Å². The van der Waals surface area contributed by atoms with Gasteiger partial charge in [-0.3, -0.25) is 4.72 Å². The smallest absolute Gasteiger partial charge is 0.272 e. The third kappa shape index (κ3) is 2.13. The molecule has 0 saturated carbocycles. The number of hydrogen-bond acceptors (Lipinski definition) is 5. The lowest BCUT2D eigenvalue weighted by atomic mass is 10.5. The first-order chi connectivity index (χ1) is 7.50. The number of aromatic nitrogens is 1. The van der Waals surface area contributed by atoms with Crippen molar-refractivity contribution in [3.05, 3.63) is 27.7 Å². The minimum atomic E-state index is -3.56. The van der Waals surface area contributed by atoms with E-state index in [4.69, 9.17) is 4.52 Å². The van der Waals surface area contributed by atoms with Gasteiger partial charge in [-0.25, -0.2) is 8.42 Å². The summed E-state index contributed by atoms with van der Waals surface area (Å²) < 4.78 is 31.6. The van der Waals surface area contributed by atoms with Crippen molar-refractivity contribution >= 4 is 43.1 Å². The molecule has 0 atom stereocenters. The average molecular weight is 323 g/mol. The standard InChI is InChI=1S/C8H7BrN2O3S2/c1-5-7(9)8(10-14-5)11-16(12,13)6-3-2-4-15-6/h2-4H,1H3,(H,10,11). The van der Waals surface area contributed by atoms with Crippen LogP contribution in [0.1, 0.15) is 5.76 Å². The number of sulfonamides is 1. The molecule has 86 valence electrons. The topological polar surface area (TPSA) is 72.2 Å². The van der Waals surface area contributed by atoms with E-state index >= 15 is 0 Å². The van der Waals surface area contributed by atoms with Gasteiger partial charge in [0.2, 0.25) is 0 Å². The summed E-state index contributed by atoms with van der Waals surface area (Å²) in [5.74, 6) is 0.676. The van der Waals surface area contributed by atoms with Crippen molar-refractivity contribution in [1.29, 1.82) is 0 Å². The number of anilines is 1. The summed E-state index contributed by atoms with van der Waals surface area (Å²) >= 11 is 4.32. The summed E-state index contributed by atoms with van der Waals surface area (Å²) in [6.07, 6.45) is 0. The molecule has 2 heterocycles. The van der Waals surface area contributed by atoms with E-state index in [1.54, 1.807) is 18.4 Å². The molecule has 0 spiro atoms. The van der Waals surface area contributed by atoms with Crippen LogP contribution in [-0.4, -0.2) is 13.6 Å². The first-order valence-corrected chi connectivity index (χ1v) is 7.34. The summed E-state index contributed by atoms with van der Waals surface area (Å²) in [6, 6.07) is 3.19. The second-order valence-electron chi connectivity index (χ2n) is 2.94. The Bertz CT molecular complexity index is 589. The zero-order chi connectivity index (χ0) is 11.8. The quantitative estimate of drug-likeness (QED) is 0.942. The highest BCUT2D eigenvalue weighted by Gasteiger charge is 2.19. The molecule has 8 heteroatoms. The Morgan fingerprint density at radius 2 is 2.31 bits per heavy atom. The summed E-state index contributed by atoms with van der Waals surface area (Å²) in [5, 5.41) is 5.29. The molecule has 16 heavy (non-hydrogen) atoms. The highest BCUT2D eigenvalue weighted by Crippen LogP contribution is 2.27. The lowest BCUT2D eigenvalue weighted by Gasteiger charge is -2.01. The maximum atomic E-state index is 11.8. The van der Waals surface area contributed by atoms with Crippen molar-refractivity contribution in [3.63, 3.8) is 0 Å². The van der Waals surface area contributed by atoms with E-state index in [0.717, 1.165) is 11.3 Å². The van der Waals surface area contributed by atoms with Gasteiger partial charge >= 0.3 is 0 Å². The number of aryl methyl sites for hydroxylation is 1. The number of rotatable bonds is 3. The second kappa shape index (κ2) is 4.19. The van der Waals surface area contributed by atoms with Gasteiger partial charge in [-0.1, -0.05) is 11.2 Å². The molecule has 2 aromatic rings. The first-order valence-electron chi connectivity index (χ1n) is 4.19. The van der Waals surface area contributed by atoms with Crippen LogP contribution in [0.4, 0.5) is 5.82 Å². The van der Waals surface area contributed by atoms with Crippen LogP contribution in [0.15, 0.2) is 30.7 Å². The van der Waals surface area contributed by atoms with Gasteiger partial charge in [-0.15, -0.1) is 11.3 Å². The van der Waals surface area contributed by atoms with Crippen LogP contribution in [0.3, 0.4) is 0 Å². The van der Waals surface area contributed by atoms with Crippen LogP contribution in [0, 0.1) is 6.92 Å². The van der Waals surface area contributed by atoms with E-state index in [1.807, 2.05) is 0 Å². The fourth-order valence-corrected chi connectivity index (χ4v) is 3.39. The third-order valence-corrected chi connectivity index (χ3v) is 5.45. The van der Waals surface area contributed by atoms with Gasteiger partial charge in [0.05, 0.1) is 0 Å². The Morgan fingerprint density at radius 1 is 1.56 bits per heavy atom. The average Bonchev–Trinajstić information content (AvgIpc) is 2.83. The fourth-order valence-electron chi connectivity index (χ4n) is 1.02. The number of halogens is 1. The minimum absolute atomic E-state index is 0.158. The third-order valence-electron chi connectivity index (χ3n) is 1.78. The molecule has 0 aliphatic rings. The van der Waals surface area contributed by atoms with E-state index in [0.29, 0.717) is 10.2 Å². The maximum absolute atomic E-state index is 11.8. The molecule has 0 amide bonds. The maximum Gasteiger partial charge on any atom is 0.272 e. The molecular formula is C8H7BrN2O3S2. The van der Waals surface area contributed by atoms with Crippen LogP contribution in [0.25, 0.3) is 0 Å². The van der Waals surface area contributed by atoms with E-state index in [-0.39, 0.29) is 10.0 Å². The summed E-state index contributed by atoms with van der Waals surface area (Å²) in [5.41, 5.74) is 0. The monoisotopic (exact) mass is 322 g/mol. The molecule has 1 N–H and O–H groups in total.